The maximum absolute atomic E-state index is 11.3. The van der Waals surface area contributed by atoms with E-state index in [0.717, 1.165) is 0 Å². The number of ketones is 1. The molecule has 2 rings (SSSR count). The highest BCUT2D eigenvalue weighted by Gasteiger charge is 2.38. The number of rotatable bonds is 1. The predicted molar refractivity (Wildman–Crippen MR) is 50.9 cm³/mol. The Labute approximate surface area is 76.7 Å². The van der Waals surface area contributed by atoms with E-state index in [9.17, 15) is 4.79 Å². The number of hydrogen-bond acceptors (Lipinski definition) is 4. The van der Waals surface area contributed by atoms with Gasteiger partial charge in [-0.2, -0.15) is 0 Å². The molecule has 1 atom stereocenters. The first-order valence-corrected chi connectivity index (χ1v) is 4.20. The lowest BCUT2D eigenvalue weighted by atomic mass is 9.99. The Morgan fingerprint density at radius 2 is 2.46 bits per heavy atom. The Morgan fingerprint density at radius 3 is 3.08 bits per heavy atom. The van der Waals surface area contributed by atoms with E-state index in [4.69, 9.17) is 0 Å². The minimum Gasteiger partial charge on any atom is -0.315 e. The molecule has 2 aliphatic heterocycles. The molecule has 0 amide bonds. The Bertz CT molecular complexity index is 343. The summed E-state index contributed by atoms with van der Waals surface area (Å²) in [6, 6.07) is 0. The highest BCUT2D eigenvalue weighted by atomic mass is 16.1. The molecule has 0 radical (unpaired) electrons. The molecule has 13 heavy (non-hydrogen) atoms. The van der Waals surface area contributed by atoms with Crippen LogP contribution in [0.2, 0.25) is 0 Å². The fraction of sp³-hybridized carbons (Fsp3) is 0.444. The summed E-state index contributed by atoms with van der Waals surface area (Å²) < 4.78 is 0. The fourth-order valence-corrected chi connectivity index (χ4v) is 1.39. The molecule has 0 saturated heterocycles. The van der Waals surface area contributed by atoms with Crippen LogP contribution < -0.4 is 0 Å². The van der Waals surface area contributed by atoms with Gasteiger partial charge in [0.05, 0.1) is 6.54 Å². The average molecular weight is 177 g/mol. The van der Waals surface area contributed by atoms with Crippen LogP contribution in [0.15, 0.2) is 22.3 Å². The first-order valence-electron chi connectivity index (χ1n) is 4.20. The number of nitrogens with zero attached hydrogens (tertiary/aromatic N) is 3. The van der Waals surface area contributed by atoms with E-state index in [2.05, 4.69) is 9.98 Å². The van der Waals surface area contributed by atoms with Crippen molar-refractivity contribution in [3.05, 3.63) is 12.3 Å². The summed E-state index contributed by atoms with van der Waals surface area (Å²) in [5, 5.41) is 0. The van der Waals surface area contributed by atoms with Crippen LogP contribution >= 0.6 is 0 Å². The summed E-state index contributed by atoms with van der Waals surface area (Å²) in [6.07, 6.45) is 5.41. The van der Waals surface area contributed by atoms with Crippen LogP contribution in [-0.4, -0.2) is 34.9 Å². The monoisotopic (exact) mass is 177 g/mol. The largest absolute Gasteiger partial charge is 0.315 e. The lowest BCUT2D eigenvalue weighted by Gasteiger charge is -2.19. The van der Waals surface area contributed by atoms with Gasteiger partial charge in [0.1, 0.15) is 5.54 Å². The standard InChI is InChI=1S/C9H11N3O/c1-7(13)9(2)6-12-5-3-4-10-8(12)11-9/h3-5H,6H2,1-2H3. The molecule has 1 unspecified atom stereocenters. The molecule has 0 aromatic rings. The van der Waals surface area contributed by atoms with Crippen LogP contribution in [0.4, 0.5) is 0 Å². The van der Waals surface area contributed by atoms with Crippen LogP contribution in [0.25, 0.3) is 0 Å². The first kappa shape index (κ1) is 8.16. The molecule has 4 nitrogen and oxygen atoms in total. The zero-order valence-electron chi connectivity index (χ0n) is 7.69. The lowest BCUT2D eigenvalue weighted by molar-refractivity contribution is -0.121. The summed E-state index contributed by atoms with van der Waals surface area (Å²) in [5.74, 6) is 0.721. The summed E-state index contributed by atoms with van der Waals surface area (Å²) in [7, 11) is 0. The van der Waals surface area contributed by atoms with Crippen molar-refractivity contribution in [3.63, 3.8) is 0 Å². The Morgan fingerprint density at radius 1 is 1.69 bits per heavy atom. The van der Waals surface area contributed by atoms with Crippen molar-refractivity contribution < 1.29 is 4.79 Å². The molecule has 0 saturated carbocycles. The van der Waals surface area contributed by atoms with Crippen molar-refractivity contribution in [2.75, 3.05) is 6.54 Å². The van der Waals surface area contributed by atoms with Gasteiger partial charge >= 0.3 is 0 Å². The number of Topliss-reactive ketones (excluding diaryl/α,β-unsaturated/α-hetero) is 1. The SMILES string of the molecule is CC(=O)C1(C)CN2C=CC=NC2=N1. The van der Waals surface area contributed by atoms with Gasteiger partial charge in [-0.05, 0) is 19.9 Å². The highest BCUT2D eigenvalue weighted by molar-refractivity contribution is 5.99. The van der Waals surface area contributed by atoms with Crippen LogP contribution in [0, 0.1) is 0 Å². The normalized spacial score (nSPS) is 30.3. The second-order valence-corrected chi connectivity index (χ2v) is 3.49. The molecule has 2 heterocycles. The number of aliphatic imine (C=N–C) groups is 2. The van der Waals surface area contributed by atoms with Crippen LogP contribution in [0.1, 0.15) is 13.8 Å². The van der Waals surface area contributed by atoms with Gasteiger partial charge in [0.25, 0.3) is 0 Å². The van der Waals surface area contributed by atoms with Gasteiger partial charge in [0, 0.05) is 12.4 Å². The maximum Gasteiger partial charge on any atom is 0.225 e. The molecule has 0 fully saturated rings. The van der Waals surface area contributed by atoms with E-state index in [1.807, 2.05) is 24.1 Å². The molecule has 0 bridgehead atoms. The van der Waals surface area contributed by atoms with Crippen molar-refractivity contribution in [2.24, 2.45) is 9.98 Å². The molecule has 0 aromatic carbocycles. The fourth-order valence-electron chi connectivity index (χ4n) is 1.39. The Hall–Kier alpha value is -1.45. The molecule has 68 valence electrons. The molecular weight excluding hydrogens is 166 g/mol. The van der Waals surface area contributed by atoms with Gasteiger partial charge in [-0.3, -0.25) is 4.79 Å². The Kier molecular flexibility index (Phi) is 1.58. The summed E-state index contributed by atoms with van der Waals surface area (Å²) >= 11 is 0. The summed E-state index contributed by atoms with van der Waals surface area (Å²) in [6.45, 7) is 4.01. The predicted octanol–water partition coefficient (Wildman–Crippen LogP) is 0.604. The van der Waals surface area contributed by atoms with Crippen molar-refractivity contribution in [1.29, 1.82) is 0 Å². The second kappa shape index (κ2) is 2.52. The van der Waals surface area contributed by atoms with Gasteiger partial charge in [-0.25, -0.2) is 9.98 Å². The van der Waals surface area contributed by atoms with E-state index in [1.165, 1.54) is 0 Å². The van der Waals surface area contributed by atoms with E-state index in [1.54, 1.807) is 13.1 Å². The zero-order valence-corrected chi connectivity index (χ0v) is 7.69. The third-order valence-electron chi connectivity index (χ3n) is 2.38. The highest BCUT2D eigenvalue weighted by Crippen LogP contribution is 2.23. The smallest absolute Gasteiger partial charge is 0.225 e. The van der Waals surface area contributed by atoms with Crippen molar-refractivity contribution in [2.45, 2.75) is 19.4 Å². The minimum absolute atomic E-state index is 0.0815. The summed E-state index contributed by atoms with van der Waals surface area (Å²) in [4.78, 5) is 21.6. The van der Waals surface area contributed by atoms with Gasteiger partial charge in [-0.1, -0.05) is 0 Å². The topological polar surface area (TPSA) is 45.0 Å². The quantitative estimate of drug-likeness (QED) is 0.589. The maximum atomic E-state index is 11.3. The number of hydrogen-bond donors (Lipinski definition) is 0. The molecular formula is C9H11N3O. The van der Waals surface area contributed by atoms with Gasteiger partial charge in [0.15, 0.2) is 5.78 Å². The minimum atomic E-state index is -0.610. The van der Waals surface area contributed by atoms with E-state index in [-0.39, 0.29) is 5.78 Å². The third kappa shape index (κ3) is 1.18. The number of guanidine groups is 1. The molecule has 2 aliphatic rings. The van der Waals surface area contributed by atoms with Gasteiger partial charge < -0.3 is 4.90 Å². The van der Waals surface area contributed by atoms with E-state index in [0.29, 0.717) is 12.5 Å². The lowest BCUT2D eigenvalue weighted by Crippen LogP contribution is -2.36. The van der Waals surface area contributed by atoms with Gasteiger partial charge in [-0.15, -0.1) is 0 Å². The van der Waals surface area contributed by atoms with E-state index >= 15 is 0 Å². The number of carbonyl (C=O) groups is 1. The third-order valence-corrected chi connectivity index (χ3v) is 2.38. The van der Waals surface area contributed by atoms with Gasteiger partial charge in [0.2, 0.25) is 5.96 Å². The molecule has 0 aromatic heterocycles. The molecule has 0 spiro atoms. The summed E-state index contributed by atoms with van der Waals surface area (Å²) in [5.41, 5.74) is -0.610. The van der Waals surface area contributed by atoms with Crippen LogP contribution in [0.3, 0.4) is 0 Å². The zero-order chi connectivity index (χ0) is 9.47. The van der Waals surface area contributed by atoms with Crippen molar-refractivity contribution >= 4 is 18.0 Å². The number of carbonyl (C=O) groups excluding carboxylic acids is 1. The van der Waals surface area contributed by atoms with Crippen LogP contribution in [0.5, 0.6) is 0 Å². The molecule has 0 N–H and O–H groups in total. The number of allylic oxidation sites excluding steroid dienone is 1. The number of fused-ring (bicyclic) bond motifs is 1. The van der Waals surface area contributed by atoms with Crippen molar-refractivity contribution in [3.8, 4) is 0 Å². The van der Waals surface area contributed by atoms with Crippen LogP contribution in [-0.2, 0) is 4.79 Å². The molecule has 0 aliphatic carbocycles. The first-order chi connectivity index (χ1) is 6.12. The second-order valence-electron chi connectivity index (χ2n) is 3.49. The Balaban J connectivity index is 2.34. The average Bonchev–Trinajstić information content (AvgIpc) is 2.42. The molecule has 4 heteroatoms. The van der Waals surface area contributed by atoms with Crippen molar-refractivity contribution in [1.82, 2.24) is 4.90 Å². The van der Waals surface area contributed by atoms with E-state index < -0.39 is 5.54 Å².